The molecule has 31 heavy (non-hydrogen) atoms. The molecular formula is C22H26N2O6S. The summed E-state index contributed by atoms with van der Waals surface area (Å²) in [6.07, 6.45) is 0.639. The second-order valence-corrected chi connectivity index (χ2v) is 9.57. The van der Waals surface area contributed by atoms with Crippen molar-refractivity contribution < 1.29 is 27.4 Å². The summed E-state index contributed by atoms with van der Waals surface area (Å²) in [6, 6.07) is 10.5. The van der Waals surface area contributed by atoms with E-state index in [0.29, 0.717) is 31.7 Å². The van der Waals surface area contributed by atoms with Crippen LogP contribution >= 0.6 is 0 Å². The predicted octanol–water partition coefficient (Wildman–Crippen LogP) is 3.32. The van der Waals surface area contributed by atoms with E-state index in [1.807, 2.05) is 25.1 Å². The van der Waals surface area contributed by atoms with E-state index in [1.165, 1.54) is 24.6 Å². The molecule has 1 saturated heterocycles. The van der Waals surface area contributed by atoms with Gasteiger partial charge in [-0.1, -0.05) is 18.2 Å². The number of para-hydroxylation sites is 1. The molecule has 2 aromatic carbocycles. The van der Waals surface area contributed by atoms with Crippen LogP contribution in [0.1, 0.15) is 24.0 Å². The van der Waals surface area contributed by atoms with Crippen LogP contribution in [0.4, 0.5) is 10.5 Å². The summed E-state index contributed by atoms with van der Waals surface area (Å²) in [6.45, 7) is 2.81. The normalized spacial score (nSPS) is 17.8. The number of aryl methyl sites for hydroxylation is 1. The number of fused-ring (bicyclic) bond motifs is 1. The number of amides is 1. The Kier molecular flexibility index (Phi) is 5.81. The van der Waals surface area contributed by atoms with E-state index in [-0.39, 0.29) is 29.4 Å². The van der Waals surface area contributed by atoms with Crippen molar-refractivity contribution in [2.24, 2.45) is 0 Å². The van der Waals surface area contributed by atoms with Crippen molar-refractivity contribution in [3.63, 3.8) is 0 Å². The number of hydrogen-bond donors (Lipinski definition) is 0. The zero-order valence-electron chi connectivity index (χ0n) is 17.8. The lowest BCUT2D eigenvalue weighted by Gasteiger charge is -2.40. The van der Waals surface area contributed by atoms with Gasteiger partial charge in [-0.25, -0.2) is 13.2 Å². The van der Waals surface area contributed by atoms with Gasteiger partial charge < -0.3 is 14.2 Å². The predicted molar refractivity (Wildman–Crippen MR) is 115 cm³/mol. The summed E-state index contributed by atoms with van der Waals surface area (Å²) in [7, 11) is -0.853. The highest BCUT2D eigenvalue weighted by atomic mass is 32.2. The van der Waals surface area contributed by atoms with Gasteiger partial charge in [-0.15, -0.1) is 0 Å². The van der Waals surface area contributed by atoms with Gasteiger partial charge in [-0.2, -0.15) is 4.31 Å². The first-order valence-electron chi connectivity index (χ1n) is 10.1. The molecular weight excluding hydrogens is 420 g/mol. The quantitative estimate of drug-likeness (QED) is 0.701. The molecule has 1 fully saturated rings. The van der Waals surface area contributed by atoms with Gasteiger partial charge in [0.1, 0.15) is 23.0 Å². The average molecular weight is 447 g/mol. The van der Waals surface area contributed by atoms with Crippen LogP contribution in [0.25, 0.3) is 0 Å². The maximum absolute atomic E-state index is 13.3. The Hall–Kier alpha value is -2.78. The minimum atomic E-state index is -3.78. The molecule has 8 nitrogen and oxygen atoms in total. The molecule has 0 radical (unpaired) electrons. The third kappa shape index (κ3) is 3.83. The third-order valence-electron chi connectivity index (χ3n) is 5.89. The molecule has 2 aromatic rings. The third-order valence-corrected chi connectivity index (χ3v) is 7.81. The van der Waals surface area contributed by atoms with Crippen molar-refractivity contribution in [1.82, 2.24) is 4.31 Å². The lowest BCUT2D eigenvalue weighted by atomic mass is 10.00. The van der Waals surface area contributed by atoms with Crippen LogP contribution in [-0.2, 0) is 21.4 Å². The van der Waals surface area contributed by atoms with Gasteiger partial charge in [-0.3, -0.25) is 4.90 Å². The number of sulfonamides is 1. The summed E-state index contributed by atoms with van der Waals surface area (Å²) in [5.41, 5.74) is 2.86. The Morgan fingerprint density at radius 1 is 1.06 bits per heavy atom. The fourth-order valence-electron chi connectivity index (χ4n) is 4.28. The minimum Gasteiger partial charge on any atom is -0.497 e. The number of anilines is 1. The largest absolute Gasteiger partial charge is 0.497 e. The van der Waals surface area contributed by atoms with Crippen molar-refractivity contribution in [2.45, 2.75) is 37.3 Å². The van der Waals surface area contributed by atoms with E-state index in [9.17, 15) is 13.2 Å². The number of rotatable bonds is 5. The van der Waals surface area contributed by atoms with Gasteiger partial charge in [0.05, 0.1) is 19.9 Å². The lowest BCUT2D eigenvalue weighted by molar-refractivity contribution is 0.135. The molecule has 2 aliphatic rings. The second-order valence-electron chi connectivity index (χ2n) is 7.66. The number of carbonyl (C=O) groups is 1. The molecule has 166 valence electrons. The van der Waals surface area contributed by atoms with Crippen LogP contribution in [-0.4, -0.2) is 52.2 Å². The number of methoxy groups -OCH3 is 2. The monoisotopic (exact) mass is 446 g/mol. The van der Waals surface area contributed by atoms with Crippen molar-refractivity contribution in [3.05, 3.63) is 47.5 Å². The highest BCUT2D eigenvalue weighted by Gasteiger charge is 2.38. The van der Waals surface area contributed by atoms with E-state index in [0.717, 1.165) is 16.8 Å². The lowest BCUT2D eigenvalue weighted by Crippen LogP contribution is -2.50. The fourth-order valence-corrected chi connectivity index (χ4v) is 5.92. The second kappa shape index (κ2) is 8.39. The number of benzene rings is 2. The zero-order valence-corrected chi connectivity index (χ0v) is 18.6. The van der Waals surface area contributed by atoms with Crippen LogP contribution in [0.2, 0.25) is 0 Å². The topological polar surface area (TPSA) is 85.4 Å². The van der Waals surface area contributed by atoms with Crippen LogP contribution < -0.4 is 14.4 Å². The number of cyclic esters (lactones) is 1. The zero-order chi connectivity index (χ0) is 22.2. The first-order valence-corrected chi connectivity index (χ1v) is 11.6. The summed E-state index contributed by atoms with van der Waals surface area (Å²) in [4.78, 5) is 14.4. The molecule has 0 spiro atoms. The van der Waals surface area contributed by atoms with E-state index >= 15 is 0 Å². The smallest absolute Gasteiger partial charge is 0.414 e. The number of nitrogens with zero attached hydrogens (tertiary/aromatic N) is 2. The Morgan fingerprint density at radius 3 is 2.48 bits per heavy atom. The molecule has 2 heterocycles. The molecule has 0 aromatic heterocycles. The molecule has 0 aliphatic carbocycles. The first kappa shape index (κ1) is 21.5. The van der Waals surface area contributed by atoms with Crippen LogP contribution in [0, 0.1) is 6.92 Å². The van der Waals surface area contributed by atoms with Crippen LogP contribution in [0.15, 0.2) is 41.3 Å². The number of hydrogen-bond acceptors (Lipinski definition) is 6. The van der Waals surface area contributed by atoms with Crippen LogP contribution in [0.5, 0.6) is 11.5 Å². The van der Waals surface area contributed by atoms with E-state index in [1.54, 1.807) is 17.0 Å². The van der Waals surface area contributed by atoms with Crippen molar-refractivity contribution >= 4 is 21.8 Å². The summed E-state index contributed by atoms with van der Waals surface area (Å²) in [5, 5.41) is 0. The Labute approximate surface area is 182 Å². The molecule has 4 rings (SSSR count). The first-order chi connectivity index (χ1) is 14.9. The molecule has 0 saturated carbocycles. The van der Waals surface area contributed by atoms with Gasteiger partial charge in [-0.05, 0) is 37.5 Å². The fraction of sp³-hybridized carbons (Fsp3) is 0.409. The van der Waals surface area contributed by atoms with Crippen LogP contribution in [0.3, 0.4) is 0 Å². The van der Waals surface area contributed by atoms with Gasteiger partial charge in [0.25, 0.3) is 0 Å². The SMILES string of the molecule is COc1ccc(OC)c(S(=O)(=O)N2CCC(N3C(=O)OCc4cccc(C)c43)CC2)c1. The molecule has 0 unspecified atom stereocenters. The Bertz CT molecular complexity index is 1090. The maximum atomic E-state index is 13.3. The maximum Gasteiger partial charge on any atom is 0.414 e. The molecule has 1 amide bonds. The molecule has 9 heteroatoms. The number of carbonyl (C=O) groups excluding carboxylic acids is 1. The number of piperidine rings is 1. The molecule has 0 atom stereocenters. The molecule has 0 bridgehead atoms. The minimum absolute atomic E-state index is 0.0753. The van der Waals surface area contributed by atoms with Gasteiger partial charge >= 0.3 is 6.09 Å². The van der Waals surface area contributed by atoms with Gasteiger partial charge in [0.15, 0.2) is 0 Å². The summed E-state index contributed by atoms with van der Waals surface area (Å²) in [5.74, 6) is 0.712. The Balaban J connectivity index is 1.57. The van der Waals surface area contributed by atoms with Gasteiger partial charge in [0.2, 0.25) is 10.0 Å². The van der Waals surface area contributed by atoms with Gasteiger partial charge in [0, 0.05) is 30.8 Å². The highest BCUT2D eigenvalue weighted by molar-refractivity contribution is 7.89. The van der Waals surface area contributed by atoms with E-state index < -0.39 is 10.0 Å². The number of ether oxygens (including phenoxy) is 3. The van der Waals surface area contributed by atoms with Crippen molar-refractivity contribution in [1.29, 1.82) is 0 Å². The van der Waals surface area contributed by atoms with Crippen molar-refractivity contribution in [3.8, 4) is 11.5 Å². The average Bonchev–Trinajstić information content (AvgIpc) is 2.79. The summed E-state index contributed by atoms with van der Waals surface area (Å²) >= 11 is 0. The highest BCUT2D eigenvalue weighted by Crippen LogP contribution is 2.36. The van der Waals surface area contributed by atoms with E-state index in [2.05, 4.69) is 0 Å². The Morgan fingerprint density at radius 2 is 1.81 bits per heavy atom. The molecule has 2 aliphatic heterocycles. The van der Waals surface area contributed by atoms with E-state index in [4.69, 9.17) is 14.2 Å². The standard InChI is InChI=1S/C22H26N2O6S/c1-15-5-4-6-16-14-30-22(25)24(21(15)16)17-9-11-23(12-10-17)31(26,27)20-13-18(28-2)7-8-19(20)29-3/h4-8,13,17H,9-12,14H2,1-3H3. The summed E-state index contributed by atoms with van der Waals surface area (Å²) < 4.78 is 43.9. The molecule has 0 N–H and O–H groups in total. The van der Waals surface area contributed by atoms with Crippen molar-refractivity contribution in [2.75, 3.05) is 32.2 Å².